The van der Waals surface area contributed by atoms with Crippen LogP contribution in [0.25, 0.3) is 0 Å². The summed E-state index contributed by atoms with van der Waals surface area (Å²) in [6.45, 7) is 4.07. The van der Waals surface area contributed by atoms with E-state index in [0.29, 0.717) is 5.69 Å². The lowest BCUT2D eigenvalue weighted by molar-refractivity contribution is -0.384. The highest BCUT2D eigenvalue weighted by molar-refractivity contribution is 9.10. The van der Waals surface area contributed by atoms with Crippen LogP contribution in [0.3, 0.4) is 0 Å². The number of halogens is 1. The first-order valence-corrected chi connectivity index (χ1v) is 8.21. The van der Waals surface area contributed by atoms with Gasteiger partial charge in [-0.15, -0.1) is 0 Å². The van der Waals surface area contributed by atoms with Gasteiger partial charge < -0.3 is 9.47 Å². The van der Waals surface area contributed by atoms with Gasteiger partial charge in [-0.25, -0.2) is 4.98 Å². The number of hydrogen-bond donors (Lipinski definition) is 0. The van der Waals surface area contributed by atoms with Crippen molar-refractivity contribution in [2.75, 3.05) is 31.1 Å². The Morgan fingerprint density at radius 3 is 2.65 bits per heavy atom. The topological polar surface area (TPSA) is 67.4 Å². The molecule has 2 aromatic rings. The third-order valence-corrected chi connectivity index (χ3v) is 4.63. The van der Waals surface area contributed by atoms with Gasteiger partial charge in [-0.05, 0) is 12.1 Å². The first-order valence-electron chi connectivity index (χ1n) is 7.42. The molecule has 1 aliphatic rings. The summed E-state index contributed by atoms with van der Waals surface area (Å²) in [4.78, 5) is 19.7. The molecule has 1 aromatic carbocycles. The summed E-state index contributed by atoms with van der Waals surface area (Å²) in [6.07, 6.45) is 3.74. The Balaban J connectivity index is 1.67. The van der Waals surface area contributed by atoms with E-state index in [9.17, 15) is 10.1 Å². The van der Waals surface area contributed by atoms with Crippen LogP contribution in [0, 0.1) is 10.1 Å². The number of anilines is 1. The number of nitrogens with zero attached hydrogens (tertiary/aromatic N) is 5. The van der Waals surface area contributed by atoms with E-state index in [1.165, 1.54) is 0 Å². The fraction of sp³-hybridized carbons (Fsp3) is 0.400. The van der Waals surface area contributed by atoms with Crippen LogP contribution in [0.5, 0.6) is 0 Å². The molecule has 1 aromatic heterocycles. The highest BCUT2D eigenvalue weighted by atomic mass is 79.9. The van der Waals surface area contributed by atoms with Crippen molar-refractivity contribution in [1.29, 1.82) is 0 Å². The minimum Gasteiger partial charge on any atom is -0.363 e. The molecule has 8 heteroatoms. The molecule has 23 heavy (non-hydrogen) atoms. The van der Waals surface area contributed by atoms with Crippen molar-refractivity contribution in [3.8, 4) is 0 Å². The molecule has 0 saturated carbocycles. The molecule has 1 saturated heterocycles. The van der Waals surface area contributed by atoms with Gasteiger partial charge in [0.1, 0.15) is 11.5 Å². The number of benzene rings is 1. The smallest absolute Gasteiger partial charge is 0.293 e. The van der Waals surface area contributed by atoms with Crippen LogP contribution in [0.15, 0.2) is 35.1 Å². The Morgan fingerprint density at radius 2 is 2.04 bits per heavy atom. The van der Waals surface area contributed by atoms with Crippen LogP contribution in [-0.2, 0) is 13.6 Å². The number of aryl methyl sites for hydroxylation is 1. The number of hydrogen-bond acceptors (Lipinski definition) is 5. The first-order chi connectivity index (χ1) is 11.0. The van der Waals surface area contributed by atoms with Crippen molar-refractivity contribution in [3.05, 3.63) is 51.0 Å². The predicted octanol–water partition coefficient (Wildman–Crippen LogP) is 2.41. The van der Waals surface area contributed by atoms with E-state index in [1.807, 2.05) is 29.9 Å². The molecule has 7 nitrogen and oxygen atoms in total. The van der Waals surface area contributed by atoms with Crippen LogP contribution < -0.4 is 4.90 Å². The molecule has 2 heterocycles. The molecule has 0 bridgehead atoms. The maximum atomic E-state index is 11.3. The Kier molecular flexibility index (Phi) is 4.63. The second-order valence-corrected chi connectivity index (χ2v) is 6.52. The van der Waals surface area contributed by atoms with E-state index in [2.05, 4.69) is 30.7 Å². The zero-order valence-corrected chi connectivity index (χ0v) is 14.4. The second kappa shape index (κ2) is 6.67. The van der Waals surface area contributed by atoms with E-state index in [1.54, 1.807) is 12.3 Å². The van der Waals surface area contributed by atoms with Gasteiger partial charge >= 0.3 is 0 Å². The van der Waals surface area contributed by atoms with Gasteiger partial charge in [0.05, 0.1) is 11.5 Å². The SMILES string of the molecule is Cn1ccnc1CN1CCN(c2ccc(Br)cc2[N+](=O)[O-])CC1. The van der Waals surface area contributed by atoms with Gasteiger partial charge in [0.15, 0.2) is 0 Å². The predicted molar refractivity (Wildman–Crippen MR) is 91.5 cm³/mol. The van der Waals surface area contributed by atoms with E-state index in [0.717, 1.165) is 43.0 Å². The average molecular weight is 380 g/mol. The largest absolute Gasteiger partial charge is 0.363 e. The number of piperazine rings is 1. The standard InChI is InChI=1S/C15H18BrN5O2/c1-18-5-4-17-15(18)11-19-6-8-20(9-7-19)13-3-2-12(16)10-14(13)21(22)23/h2-5,10H,6-9,11H2,1H3. The Morgan fingerprint density at radius 1 is 1.30 bits per heavy atom. The van der Waals surface area contributed by atoms with E-state index >= 15 is 0 Å². The minimum atomic E-state index is -0.319. The number of nitro groups is 1. The van der Waals surface area contributed by atoms with Crippen molar-refractivity contribution in [2.24, 2.45) is 7.05 Å². The lowest BCUT2D eigenvalue weighted by atomic mass is 10.2. The zero-order chi connectivity index (χ0) is 16.4. The molecule has 122 valence electrons. The van der Waals surface area contributed by atoms with Crippen molar-refractivity contribution < 1.29 is 4.92 Å². The Hall–Kier alpha value is -1.93. The van der Waals surface area contributed by atoms with Crippen molar-refractivity contribution >= 4 is 27.3 Å². The maximum Gasteiger partial charge on any atom is 0.293 e. The van der Waals surface area contributed by atoms with Gasteiger partial charge in [-0.2, -0.15) is 0 Å². The normalized spacial score (nSPS) is 15.8. The molecule has 3 rings (SSSR count). The summed E-state index contributed by atoms with van der Waals surface area (Å²) in [5.74, 6) is 1.04. The lowest BCUT2D eigenvalue weighted by Crippen LogP contribution is -2.46. The quantitative estimate of drug-likeness (QED) is 0.602. The van der Waals surface area contributed by atoms with Crippen molar-refractivity contribution in [2.45, 2.75) is 6.54 Å². The van der Waals surface area contributed by atoms with Gasteiger partial charge in [0, 0.05) is 56.2 Å². The fourth-order valence-electron chi connectivity index (χ4n) is 2.81. The number of aromatic nitrogens is 2. The van der Waals surface area contributed by atoms with Gasteiger partial charge in [-0.3, -0.25) is 15.0 Å². The molecule has 1 aliphatic heterocycles. The van der Waals surface area contributed by atoms with E-state index < -0.39 is 0 Å². The average Bonchev–Trinajstić information content (AvgIpc) is 2.93. The minimum absolute atomic E-state index is 0.150. The zero-order valence-electron chi connectivity index (χ0n) is 12.9. The van der Waals surface area contributed by atoms with E-state index in [4.69, 9.17) is 0 Å². The molecule has 1 fully saturated rings. The number of nitro benzene ring substituents is 1. The van der Waals surface area contributed by atoms with E-state index in [-0.39, 0.29) is 10.6 Å². The monoisotopic (exact) mass is 379 g/mol. The molecule has 0 amide bonds. The molecule has 0 radical (unpaired) electrons. The fourth-order valence-corrected chi connectivity index (χ4v) is 3.15. The number of rotatable bonds is 4. The summed E-state index contributed by atoms with van der Waals surface area (Å²) in [7, 11) is 1.99. The van der Waals surface area contributed by atoms with Crippen molar-refractivity contribution in [3.63, 3.8) is 0 Å². The molecule has 0 unspecified atom stereocenters. The number of imidazole rings is 1. The van der Waals surface area contributed by atoms with Crippen LogP contribution in [0.4, 0.5) is 11.4 Å². The molecular weight excluding hydrogens is 362 g/mol. The summed E-state index contributed by atoms with van der Waals surface area (Å²) in [6, 6.07) is 5.23. The van der Waals surface area contributed by atoms with Crippen LogP contribution >= 0.6 is 15.9 Å². The lowest BCUT2D eigenvalue weighted by Gasteiger charge is -2.35. The Labute approximate surface area is 142 Å². The molecule has 0 spiro atoms. The van der Waals surface area contributed by atoms with Crippen LogP contribution in [0.1, 0.15) is 5.82 Å². The van der Waals surface area contributed by atoms with Gasteiger partial charge in [-0.1, -0.05) is 15.9 Å². The molecular formula is C15H18BrN5O2. The highest BCUT2D eigenvalue weighted by Crippen LogP contribution is 2.31. The van der Waals surface area contributed by atoms with Crippen molar-refractivity contribution in [1.82, 2.24) is 14.5 Å². The van der Waals surface area contributed by atoms with Gasteiger partial charge in [0.2, 0.25) is 0 Å². The maximum absolute atomic E-state index is 11.3. The van der Waals surface area contributed by atoms with Crippen LogP contribution in [0.2, 0.25) is 0 Å². The highest BCUT2D eigenvalue weighted by Gasteiger charge is 2.24. The Bertz CT molecular complexity index is 710. The second-order valence-electron chi connectivity index (χ2n) is 5.61. The molecule has 0 aliphatic carbocycles. The third kappa shape index (κ3) is 3.53. The summed E-state index contributed by atoms with van der Waals surface area (Å²) >= 11 is 3.30. The first kappa shape index (κ1) is 15.9. The molecule has 0 N–H and O–H groups in total. The molecule has 0 atom stereocenters. The summed E-state index contributed by atoms with van der Waals surface area (Å²) in [5, 5.41) is 11.3. The van der Waals surface area contributed by atoms with Gasteiger partial charge in [0.25, 0.3) is 5.69 Å². The third-order valence-electron chi connectivity index (χ3n) is 4.13. The van der Waals surface area contributed by atoms with Crippen LogP contribution in [-0.4, -0.2) is 45.6 Å². The summed E-state index contributed by atoms with van der Waals surface area (Å²) in [5.41, 5.74) is 0.840. The summed E-state index contributed by atoms with van der Waals surface area (Å²) < 4.78 is 2.74.